The summed E-state index contributed by atoms with van der Waals surface area (Å²) in [6, 6.07) is 11.5. The minimum atomic E-state index is -0.119. The van der Waals surface area contributed by atoms with Crippen LogP contribution in [0.3, 0.4) is 0 Å². The quantitative estimate of drug-likeness (QED) is 0.861. The monoisotopic (exact) mass is 330 g/mol. The number of amidine groups is 1. The molecule has 1 aliphatic rings. The van der Waals surface area contributed by atoms with Crippen LogP contribution in [-0.2, 0) is 4.79 Å². The molecule has 0 bridgehead atoms. The minimum absolute atomic E-state index is 0.119. The molecule has 2 aromatic rings. The fourth-order valence-electron chi connectivity index (χ4n) is 1.92. The maximum atomic E-state index is 12.0. The predicted octanol–water partition coefficient (Wildman–Crippen LogP) is 4.04. The van der Waals surface area contributed by atoms with E-state index in [0.29, 0.717) is 28.1 Å². The number of nitrogens with one attached hydrogen (secondary N) is 1. The molecule has 2 heterocycles. The van der Waals surface area contributed by atoms with Crippen molar-refractivity contribution in [1.82, 2.24) is 5.32 Å². The highest BCUT2D eigenvalue weighted by molar-refractivity contribution is 8.18. The summed E-state index contributed by atoms with van der Waals surface area (Å²) >= 11 is 2.94. The van der Waals surface area contributed by atoms with Crippen molar-refractivity contribution in [1.29, 1.82) is 0 Å². The van der Waals surface area contributed by atoms with Gasteiger partial charge in [0.1, 0.15) is 11.4 Å². The van der Waals surface area contributed by atoms with Crippen LogP contribution in [0.15, 0.2) is 51.7 Å². The Morgan fingerprint density at radius 2 is 2.14 bits per heavy atom. The van der Waals surface area contributed by atoms with Gasteiger partial charge in [0.25, 0.3) is 5.91 Å². The third-order valence-corrected chi connectivity index (χ3v) is 4.58. The molecule has 4 nitrogen and oxygen atoms in total. The van der Waals surface area contributed by atoms with Gasteiger partial charge in [0, 0.05) is 4.88 Å². The molecule has 1 amide bonds. The van der Waals surface area contributed by atoms with Crippen LogP contribution in [0, 0.1) is 0 Å². The molecule has 6 heteroatoms. The fourth-order valence-corrected chi connectivity index (χ4v) is 3.48. The number of carbonyl (C=O) groups is 1. The first-order chi connectivity index (χ1) is 10.8. The number of carbonyl (C=O) groups excluding carboxylic acids is 1. The second-order valence-electron chi connectivity index (χ2n) is 4.40. The van der Waals surface area contributed by atoms with Gasteiger partial charge in [0.05, 0.1) is 11.5 Å². The van der Waals surface area contributed by atoms with E-state index in [4.69, 9.17) is 4.74 Å². The molecule has 0 atom stereocenters. The molecule has 1 saturated heterocycles. The summed E-state index contributed by atoms with van der Waals surface area (Å²) < 4.78 is 5.54. The Bertz CT molecular complexity index is 736. The summed E-state index contributed by atoms with van der Waals surface area (Å²) in [5, 5.41) is 5.34. The van der Waals surface area contributed by atoms with Crippen LogP contribution in [-0.4, -0.2) is 17.7 Å². The number of nitrogens with zero attached hydrogens (tertiary/aromatic N) is 1. The zero-order valence-electron chi connectivity index (χ0n) is 11.9. The summed E-state index contributed by atoms with van der Waals surface area (Å²) in [5.74, 6) is 0.592. The van der Waals surface area contributed by atoms with Crippen molar-refractivity contribution >= 4 is 45.9 Å². The van der Waals surface area contributed by atoms with Gasteiger partial charge in [-0.1, -0.05) is 18.2 Å². The minimum Gasteiger partial charge on any atom is -0.492 e. The van der Waals surface area contributed by atoms with Crippen LogP contribution >= 0.6 is 23.1 Å². The number of ether oxygens (including phenoxy) is 1. The lowest BCUT2D eigenvalue weighted by Gasteiger charge is -2.06. The van der Waals surface area contributed by atoms with Crippen LogP contribution < -0.4 is 10.1 Å². The average Bonchev–Trinajstić information content (AvgIpc) is 3.13. The Balaban J connectivity index is 1.84. The first kappa shape index (κ1) is 14.9. The molecule has 0 aliphatic carbocycles. The van der Waals surface area contributed by atoms with E-state index in [1.54, 1.807) is 11.3 Å². The predicted molar refractivity (Wildman–Crippen MR) is 92.7 cm³/mol. The molecular formula is C16H14N2O2S2. The first-order valence-corrected chi connectivity index (χ1v) is 8.51. The number of benzene rings is 1. The van der Waals surface area contributed by atoms with Gasteiger partial charge in [-0.25, -0.2) is 4.99 Å². The number of hydrogen-bond donors (Lipinski definition) is 1. The van der Waals surface area contributed by atoms with Crippen molar-refractivity contribution in [3.05, 3.63) is 51.6 Å². The van der Waals surface area contributed by atoms with E-state index in [9.17, 15) is 4.79 Å². The van der Waals surface area contributed by atoms with Gasteiger partial charge >= 0.3 is 0 Å². The first-order valence-electron chi connectivity index (χ1n) is 6.81. The molecular weight excluding hydrogens is 316 g/mol. The molecule has 1 aliphatic heterocycles. The zero-order valence-corrected chi connectivity index (χ0v) is 13.5. The normalized spacial score (nSPS) is 18.0. The molecule has 112 valence electrons. The molecule has 3 rings (SSSR count). The van der Waals surface area contributed by atoms with Gasteiger partial charge in [0.2, 0.25) is 0 Å². The van der Waals surface area contributed by atoms with Crippen molar-refractivity contribution in [3.8, 4) is 5.75 Å². The highest BCUT2D eigenvalue weighted by atomic mass is 32.2. The summed E-state index contributed by atoms with van der Waals surface area (Å²) in [4.78, 5) is 18.2. The number of amides is 1. The van der Waals surface area contributed by atoms with Crippen molar-refractivity contribution in [3.63, 3.8) is 0 Å². The highest BCUT2D eigenvalue weighted by Crippen LogP contribution is 2.32. The van der Waals surface area contributed by atoms with Crippen LogP contribution in [0.25, 0.3) is 6.08 Å². The largest absolute Gasteiger partial charge is 0.492 e. The van der Waals surface area contributed by atoms with Gasteiger partial charge in [-0.15, -0.1) is 11.3 Å². The number of aliphatic imine (C=N–C) groups is 1. The molecule has 1 aromatic carbocycles. The molecule has 0 unspecified atom stereocenters. The zero-order chi connectivity index (χ0) is 15.4. The molecule has 0 radical (unpaired) electrons. The Kier molecular flexibility index (Phi) is 4.60. The fraction of sp³-hybridized carbons (Fsp3) is 0.125. The van der Waals surface area contributed by atoms with E-state index in [-0.39, 0.29) is 5.91 Å². The summed E-state index contributed by atoms with van der Waals surface area (Å²) in [6.45, 7) is 2.50. The maximum Gasteiger partial charge on any atom is 0.264 e. The Hall–Kier alpha value is -2.05. The number of para-hydroxylation sites is 2. The summed E-state index contributed by atoms with van der Waals surface area (Å²) in [7, 11) is 0. The Morgan fingerprint density at radius 1 is 1.27 bits per heavy atom. The number of thiophene rings is 1. The van der Waals surface area contributed by atoms with Gasteiger partial charge in [-0.3, -0.25) is 4.79 Å². The molecule has 1 fully saturated rings. The van der Waals surface area contributed by atoms with Crippen LogP contribution in [0.4, 0.5) is 5.69 Å². The standard InChI is InChI=1S/C16H14N2O2S2/c1-2-20-13-8-4-3-7-12(13)17-16-18-15(19)14(22-16)10-11-6-5-9-21-11/h3-10H,2H2,1H3,(H,17,18,19). The van der Waals surface area contributed by atoms with E-state index >= 15 is 0 Å². The van der Waals surface area contributed by atoms with Crippen molar-refractivity contribution in [2.75, 3.05) is 6.61 Å². The van der Waals surface area contributed by atoms with Crippen LogP contribution in [0.2, 0.25) is 0 Å². The maximum absolute atomic E-state index is 12.0. The smallest absolute Gasteiger partial charge is 0.264 e. The lowest BCUT2D eigenvalue weighted by Crippen LogP contribution is -2.19. The van der Waals surface area contributed by atoms with Crippen molar-refractivity contribution in [2.24, 2.45) is 4.99 Å². The topological polar surface area (TPSA) is 50.7 Å². The number of rotatable bonds is 4. The van der Waals surface area contributed by atoms with Gasteiger partial charge in [0.15, 0.2) is 5.17 Å². The Morgan fingerprint density at radius 3 is 2.91 bits per heavy atom. The molecule has 22 heavy (non-hydrogen) atoms. The molecule has 1 aromatic heterocycles. The third kappa shape index (κ3) is 3.40. The number of hydrogen-bond acceptors (Lipinski definition) is 5. The van der Waals surface area contributed by atoms with Gasteiger partial charge in [-0.2, -0.15) is 0 Å². The molecule has 0 spiro atoms. The number of thioether (sulfide) groups is 1. The third-order valence-electron chi connectivity index (χ3n) is 2.85. The van der Waals surface area contributed by atoms with E-state index in [1.165, 1.54) is 11.8 Å². The highest BCUT2D eigenvalue weighted by Gasteiger charge is 2.24. The lowest BCUT2D eigenvalue weighted by molar-refractivity contribution is -0.115. The van der Waals surface area contributed by atoms with Gasteiger partial charge < -0.3 is 10.1 Å². The van der Waals surface area contributed by atoms with Crippen LogP contribution in [0.5, 0.6) is 5.75 Å². The van der Waals surface area contributed by atoms with Crippen molar-refractivity contribution < 1.29 is 9.53 Å². The lowest BCUT2D eigenvalue weighted by atomic mass is 10.3. The van der Waals surface area contributed by atoms with Gasteiger partial charge in [-0.05, 0) is 48.3 Å². The SMILES string of the molecule is CCOc1ccccc1N=C1NC(=O)C(=Cc2cccs2)S1. The summed E-state index contributed by atoms with van der Waals surface area (Å²) in [6.07, 6.45) is 1.88. The van der Waals surface area contributed by atoms with E-state index in [0.717, 1.165) is 4.88 Å². The summed E-state index contributed by atoms with van der Waals surface area (Å²) in [5.41, 5.74) is 0.713. The van der Waals surface area contributed by atoms with E-state index in [2.05, 4.69) is 10.3 Å². The van der Waals surface area contributed by atoms with E-state index < -0.39 is 0 Å². The molecule has 0 saturated carbocycles. The molecule has 1 N–H and O–H groups in total. The average molecular weight is 330 g/mol. The second-order valence-corrected chi connectivity index (χ2v) is 6.41. The van der Waals surface area contributed by atoms with Crippen LogP contribution in [0.1, 0.15) is 11.8 Å². The second kappa shape index (κ2) is 6.81. The Labute approximate surface area is 136 Å². The van der Waals surface area contributed by atoms with Crippen molar-refractivity contribution in [2.45, 2.75) is 6.92 Å². The van der Waals surface area contributed by atoms with E-state index in [1.807, 2.05) is 54.8 Å².